The van der Waals surface area contributed by atoms with Gasteiger partial charge in [0.1, 0.15) is 0 Å². The van der Waals surface area contributed by atoms with Gasteiger partial charge in [0, 0.05) is 32.9 Å². The summed E-state index contributed by atoms with van der Waals surface area (Å²) in [5.41, 5.74) is 9.65. The third-order valence-electron chi connectivity index (χ3n) is 8.69. The lowest BCUT2D eigenvalue weighted by molar-refractivity contribution is 1.17. The summed E-state index contributed by atoms with van der Waals surface area (Å²) in [6.07, 6.45) is 0. The Balaban J connectivity index is 1.35. The summed E-state index contributed by atoms with van der Waals surface area (Å²) in [4.78, 5) is 0. The molecular weight excluding hydrogens is 508 g/mol. The highest BCUT2D eigenvalue weighted by atomic mass is 15.0. The number of hydrogen-bond donors (Lipinski definition) is 0. The Bertz CT molecular complexity index is 2440. The van der Waals surface area contributed by atoms with Gasteiger partial charge in [0.05, 0.1) is 22.1 Å². The molecule has 0 fully saturated rings. The van der Waals surface area contributed by atoms with Gasteiger partial charge in [-0.1, -0.05) is 109 Å². The van der Waals surface area contributed by atoms with E-state index < -0.39 is 0 Å². The molecule has 7 aromatic carbocycles. The predicted molar refractivity (Wildman–Crippen MR) is 178 cm³/mol. The van der Waals surface area contributed by atoms with E-state index in [-0.39, 0.29) is 0 Å². The zero-order chi connectivity index (χ0) is 27.6. The fourth-order valence-electron chi connectivity index (χ4n) is 6.74. The van der Waals surface area contributed by atoms with Crippen molar-refractivity contribution >= 4 is 54.4 Å². The van der Waals surface area contributed by atoms with Crippen LogP contribution in [0.1, 0.15) is 0 Å². The van der Waals surface area contributed by atoms with Crippen LogP contribution in [0.3, 0.4) is 0 Å². The van der Waals surface area contributed by atoms with E-state index in [1.807, 2.05) is 0 Å². The largest absolute Gasteiger partial charge is 0.309 e. The van der Waals surface area contributed by atoms with Gasteiger partial charge in [-0.2, -0.15) is 0 Å². The Morgan fingerprint density at radius 1 is 0.286 bits per heavy atom. The molecule has 0 bridgehead atoms. The van der Waals surface area contributed by atoms with Gasteiger partial charge in [0.15, 0.2) is 0 Å². The molecule has 42 heavy (non-hydrogen) atoms. The van der Waals surface area contributed by atoms with Gasteiger partial charge < -0.3 is 9.13 Å². The lowest BCUT2D eigenvalue weighted by Gasteiger charge is -2.11. The van der Waals surface area contributed by atoms with E-state index in [9.17, 15) is 0 Å². The summed E-state index contributed by atoms with van der Waals surface area (Å²) in [5.74, 6) is 0. The highest BCUT2D eigenvalue weighted by molar-refractivity contribution is 6.19. The number of fused-ring (bicyclic) bond motifs is 7. The average molecular weight is 535 g/mol. The zero-order valence-electron chi connectivity index (χ0n) is 22.9. The highest BCUT2D eigenvalue weighted by Crippen LogP contribution is 2.40. The summed E-state index contributed by atoms with van der Waals surface area (Å²) >= 11 is 0. The number of hydrogen-bond acceptors (Lipinski definition) is 0. The van der Waals surface area contributed by atoms with Crippen LogP contribution in [0.2, 0.25) is 0 Å². The maximum Gasteiger partial charge on any atom is 0.0562 e. The maximum absolute atomic E-state index is 2.43. The fraction of sp³-hybridized carbons (Fsp3) is 0. The Hall–Kier alpha value is -5.60. The first kappa shape index (κ1) is 23.1. The Kier molecular flexibility index (Phi) is 4.93. The van der Waals surface area contributed by atoms with Crippen LogP contribution in [0.25, 0.3) is 76.9 Å². The molecule has 2 heterocycles. The van der Waals surface area contributed by atoms with Gasteiger partial charge in [-0.05, 0) is 70.4 Å². The van der Waals surface area contributed by atoms with Crippen molar-refractivity contribution in [2.75, 3.05) is 0 Å². The molecular formula is C40H26N2. The van der Waals surface area contributed by atoms with Crippen molar-refractivity contribution in [2.45, 2.75) is 0 Å². The number of rotatable bonds is 3. The van der Waals surface area contributed by atoms with Gasteiger partial charge in [0.2, 0.25) is 0 Å². The summed E-state index contributed by atoms with van der Waals surface area (Å²) in [5, 5.41) is 7.58. The molecule has 2 nitrogen and oxygen atoms in total. The molecule has 9 rings (SSSR count). The molecule has 0 amide bonds. The molecule has 0 aliphatic rings. The minimum absolute atomic E-state index is 1.16. The quantitative estimate of drug-likeness (QED) is 0.213. The van der Waals surface area contributed by atoms with Gasteiger partial charge in [0.25, 0.3) is 0 Å². The first-order valence-electron chi connectivity index (χ1n) is 14.4. The van der Waals surface area contributed by atoms with E-state index >= 15 is 0 Å². The molecule has 0 saturated carbocycles. The molecule has 0 unspecified atom stereocenters. The third kappa shape index (κ3) is 3.39. The second-order valence-electron chi connectivity index (χ2n) is 11.0. The third-order valence-corrected chi connectivity index (χ3v) is 8.69. The van der Waals surface area contributed by atoms with Crippen LogP contribution in [-0.4, -0.2) is 9.13 Å². The minimum atomic E-state index is 1.16. The summed E-state index contributed by atoms with van der Waals surface area (Å²) in [7, 11) is 0. The maximum atomic E-state index is 2.43. The SMILES string of the molecule is c1ccc(-c2ccc(-n3c4ccccc4c4cc5c6ccccc6n(-c6ccc7ccccc7c6)c5cc43)cc2)cc1. The normalized spacial score (nSPS) is 11.8. The fourth-order valence-corrected chi connectivity index (χ4v) is 6.74. The minimum Gasteiger partial charge on any atom is -0.309 e. The van der Waals surface area contributed by atoms with Crippen LogP contribution in [0.4, 0.5) is 0 Å². The van der Waals surface area contributed by atoms with E-state index in [1.54, 1.807) is 0 Å². The second-order valence-corrected chi connectivity index (χ2v) is 11.0. The highest BCUT2D eigenvalue weighted by Gasteiger charge is 2.18. The number of benzene rings is 7. The van der Waals surface area contributed by atoms with Crippen molar-refractivity contribution in [1.82, 2.24) is 9.13 Å². The van der Waals surface area contributed by atoms with Crippen LogP contribution >= 0.6 is 0 Å². The first-order valence-corrected chi connectivity index (χ1v) is 14.4. The standard InChI is InChI=1S/C40H26N2/c1-2-10-27(11-3-1)29-18-21-31(22-19-29)41-37-16-8-6-14-33(37)35-25-36-34-15-7-9-17-38(34)42(40(36)26-39(35)41)32-23-20-28-12-4-5-13-30(28)24-32/h1-26H. The van der Waals surface area contributed by atoms with Crippen molar-refractivity contribution in [1.29, 1.82) is 0 Å². The Morgan fingerprint density at radius 2 is 0.810 bits per heavy atom. The van der Waals surface area contributed by atoms with E-state index in [1.165, 1.54) is 71.2 Å². The van der Waals surface area contributed by atoms with Crippen molar-refractivity contribution in [3.8, 4) is 22.5 Å². The van der Waals surface area contributed by atoms with Crippen LogP contribution in [0.15, 0.2) is 158 Å². The average Bonchev–Trinajstić information content (AvgIpc) is 3.56. The number of aromatic nitrogens is 2. The molecule has 0 aliphatic heterocycles. The molecule has 0 aliphatic carbocycles. The lowest BCUT2D eigenvalue weighted by Crippen LogP contribution is -1.96. The molecule has 0 N–H and O–H groups in total. The summed E-state index contributed by atoms with van der Waals surface area (Å²) in [6.45, 7) is 0. The van der Waals surface area contributed by atoms with Crippen LogP contribution < -0.4 is 0 Å². The van der Waals surface area contributed by atoms with Gasteiger partial charge in [-0.15, -0.1) is 0 Å². The first-order chi connectivity index (χ1) is 20.8. The van der Waals surface area contributed by atoms with Gasteiger partial charge in [-0.25, -0.2) is 0 Å². The topological polar surface area (TPSA) is 9.86 Å². The van der Waals surface area contributed by atoms with Crippen molar-refractivity contribution < 1.29 is 0 Å². The Morgan fingerprint density at radius 3 is 1.50 bits per heavy atom. The van der Waals surface area contributed by atoms with Crippen molar-refractivity contribution in [2.24, 2.45) is 0 Å². The van der Waals surface area contributed by atoms with E-state index in [0.717, 1.165) is 5.69 Å². The van der Waals surface area contributed by atoms with E-state index in [0.29, 0.717) is 0 Å². The van der Waals surface area contributed by atoms with Crippen molar-refractivity contribution in [3.05, 3.63) is 158 Å². The van der Waals surface area contributed by atoms with Gasteiger partial charge >= 0.3 is 0 Å². The zero-order valence-corrected chi connectivity index (χ0v) is 22.9. The van der Waals surface area contributed by atoms with Crippen LogP contribution in [0.5, 0.6) is 0 Å². The summed E-state index contributed by atoms with van der Waals surface area (Å²) in [6, 6.07) is 57.3. The van der Waals surface area contributed by atoms with Crippen LogP contribution in [-0.2, 0) is 0 Å². The Labute approximate surface area is 243 Å². The number of para-hydroxylation sites is 2. The monoisotopic (exact) mass is 534 g/mol. The predicted octanol–water partition coefficient (Wildman–Crippen LogP) is 10.7. The lowest BCUT2D eigenvalue weighted by atomic mass is 10.1. The molecule has 2 aromatic heterocycles. The molecule has 196 valence electrons. The molecule has 0 spiro atoms. The smallest absolute Gasteiger partial charge is 0.0562 e. The molecule has 9 aromatic rings. The van der Waals surface area contributed by atoms with Gasteiger partial charge in [-0.3, -0.25) is 0 Å². The second kappa shape index (κ2) is 8.95. The summed E-state index contributed by atoms with van der Waals surface area (Å²) < 4.78 is 4.85. The van der Waals surface area contributed by atoms with Crippen LogP contribution in [0, 0.1) is 0 Å². The molecule has 0 saturated heterocycles. The van der Waals surface area contributed by atoms with Crippen molar-refractivity contribution in [3.63, 3.8) is 0 Å². The van der Waals surface area contributed by atoms with E-state index in [4.69, 9.17) is 0 Å². The molecule has 2 heteroatoms. The van der Waals surface area contributed by atoms with E-state index in [2.05, 4.69) is 167 Å². The number of nitrogens with zero attached hydrogens (tertiary/aromatic N) is 2. The molecule has 0 atom stereocenters. The molecule has 0 radical (unpaired) electrons.